The number of hydrogen-bond donors (Lipinski definition) is 1. The van der Waals surface area contributed by atoms with E-state index in [4.69, 9.17) is 21.9 Å². The van der Waals surface area contributed by atoms with E-state index in [1.165, 1.54) is 0 Å². The first kappa shape index (κ1) is 14.5. The second-order valence-electron chi connectivity index (χ2n) is 5.46. The van der Waals surface area contributed by atoms with Gasteiger partial charge in [0.25, 0.3) is 5.89 Å². The van der Waals surface area contributed by atoms with Crippen molar-refractivity contribution in [2.45, 2.75) is 26.8 Å². The summed E-state index contributed by atoms with van der Waals surface area (Å²) in [5, 5.41) is 4.55. The third-order valence-electron chi connectivity index (χ3n) is 2.76. The molecule has 0 aliphatic heterocycles. The molecular weight excluding hydrogens is 330 g/mol. The molecular formula is C13H15BrClN3O. The molecule has 1 aromatic heterocycles. The smallest absolute Gasteiger partial charge is 0.258 e. The lowest BCUT2D eigenvalue weighted by Gasteiger charge is -2.23. The van der Waals surface area contributed by atoms with Crippen LogP contribution in [0.15, 0.2) is 27.2 Å². The maximum absolute atomic E-state index is 6.10. The van der Waals surface area contributed by atoms with Gasteiger partial charge < -0.3 is 10.3 Å². The molecule has 0 aliphatic carbocycles. The highest BCUT2D eigenvalue weighted by atomic mass is 79.9. The molecule has 0 saturated carbocycles. The largest absolute Gasteiger partial charge is 0.334 e. The SMILES string of the molecule is CC(C)(C)C(N)c1noc(-c2cc(Cl)cc(Br)c2)n1. The van der Waals surface area contributed by atoms with Crippen LogP contribution in [0.2, 0.25) is 5.02 Å². The van der Waals surface area contributed by atoms with Crippen LogP contribution >= 0.6 is 27.5 Å². The number of nitrogens with two attached hydrogens (primary N) is 1. The van der Waals surface area contributed by atoms with Crippen LogP contribution in [0.4, 0.5) is 0 Å². The first-order chi connectivity index (χ1) is 8.77. The van der Waals surface area contributed by atoms with Gasteiger partial charge in [0.2, 0.25) is 0 Å². The van der Waals surface area contributed by atoms with Crippen LogP contribution in [0.5, 0.6) is 0 Å². The average Bonchev–Trinajstić information content (AvgIpc) is 2.74. The number of benzene rings is 1. The predicted octanol–water partition coefficient (Wildman–Crippen LogP) is 4.20. The van der Waals surface area contributed by atoms with Crippen molar-refractivity contribution in [3.05, 3.63) is 33.5 Å². The normalized spacial score (nSPS) is 13.6. The Morgan fingerprint density at radius 1 is 1.32 bits per heavy atom. The second-order valence-corrected chi connectivity index (χ2v) is 6.81. The highest BCUT2D eigenvalue weighted by molar-refractivity contribution is 9.10. The zero-order chi connectivity index (χ0) is 14.2. The Kier molecular flexibility index (Phi) is 3.99. The van der Waals surface area contributed by atoms with Crippen LogP contribution in [0, 0.1) is 5.41 Å². The predicted molar refractivity (Wildman–Crippen MR) is 78.8 cm³/mol. The fourth-order valence-electron chi connectivity index (χ4n) is 1.54. The first-order valence-corrected chi connectivity index (χ1v) is 7.00. The van der Waals surface area contributed by atoms with Crippen molar-refractivity contribution in [2.75, 3.05) is 0 Å². The van der Waals surface area contributed by atoms with Crippen molar-refractivity contribution in [1.82, 2.24) is 10.1 Å². The van der Waals surface area contributed by atoms with E-state index in [-0.39, 0.29) is 11.5 Å². The molecule has 1 unspecified atom stereocenters. The van der Waals surface area contributed by atoms with E-state index in [2.05, 4.69) is 26.1 Å². The monoisotopic (exact) mass is 343 g/mol. The lowest BCUT2D eigenvalue weighted by molar-refractivity contribution is 0.303. The van der Waals surface area contributed by atoms with E-state index < -0.39 is 0 Å². The van der Waals surface area contributed by atoms with E-state index >= 15 is 0 Å². The second kappa shape index (κ2) is 5.23. The van der Waals surface area contributed by atoms with Gasteiger partial charge in [-0.2, -0.15) is 4.98 Å². The van der Waals surface area contributed by atoms with Crippen LogP contribution < -0.4 is 5.73 Å². The quantitative estimate of drug-likeness (QED) is 0.886. The van der Waals surface area contributed by atoms with E-state index in [0.717, 1.165) is 10.0 Å². The Morgan fingerprint density at radius 3 is 2.58 bits per heavy atom. The molecule has 0 radical (unpaired) electrons. The molecule has 6 heteroatoms. The van der Waals surface area contributed by atoms with Gasteiger partial charge in [0.15, 0.2) is 5.82 Å². The van der Waals surface area contributed by atoms with E-state index in [9.17, 15) is 0 Å². The number of rotatable bonds is 2. The molecule has 4 nitrogen and oxygen atoms in total. The Labute approximate surface area is 125 Å². The van der Waals surface area contributed by atoms with E-state index in [0.29, 0.717) is 16.7 Å². The summed E-state index contributed by atoms with van der Waals surface area (Å²) < 4.78 is 6.11. The highest BCUT2D eigenvalue weighted by Crippen LogP contribution is 2.31. The molecule has 2 aromatic rings. The maximum Gasteiger partial charge on any atom is 0.258 e. The molecule has 0 saturated heterocycles. The van der Waals surface area contributed by atoms with Gasteiger partial charge in [-0.05, 0) is 23.6 Å². The number of halogens is 2. The summed E-state index contributed by atoms with van der Waals surface area (Å²) in [6.07, 6.45) is 0. The molecule has 2 N–H and O–H groups in total. The van der Waals surface area contributed by atoms with Gasteiger partial charge in [0.05, 0.1) is 6.04 Å². The molecule has 1 heterocycles. The maximum atomic E-state index is 6.10. The lowest BCUT2D eigenvalue weighted by Crippen LogP contribution is -2.27. The minimum absolute atomic E-state index is 0.129. The number of nitrogens with zero attached hydrogens (tertiary/aromatic N) is 2. The van der Waals surface area contributed by atoms with Gasteiger partial charge in [-0.25, -0.2) is 0 Å². The van der Waals surface area contributed by atoms with Gasteiger partial charge in [0.1, 0.15) is 0 Å². The first-order valence-electron chi connectivity index (χ1n) is 5.83. The molecule has 1 atom stereocenters. The molecule has 0 spiro atoms. The van der Waals surface area contributed by atoms with Crippen LogP contribution in [0.1, 0.15) is 32.6 Å². The van der Waals surface area contributed by atoms with E-state index in [1.807, 2.05) is 26.8 Å². The molecule has 0 amide bonds. The summed E-state index contributed by atoms with van der Waals surface area (Å²) in [5.41, 5.74) is 6.74. The van der Waals surface area contributed by atoms with Crippen molar-refractivity contribution in [3.63, 3.8) is 0 Å². The molecule has 0 bridgehead atoms. The Balaban J connectivity index is 2.36. The summed E-state index contributed by atoms with van der Waals surface area (Å²) in [5.74, 6) is 0.913. The minimum atomic E-state index is -0.285. The van der Waals surface area contributed by atoms with Crippen molar-refractivity contribution in [1.29, 1.82) is 0 Å². The standard InChI is InChI=1S/C13H15BrClN3O/c1-13(2,3)10(16)11-17-12(19-18-11)7-4-8(14)6-9(15)5-7/h4-6,10H,16H2,1-3H3. The average molecular weight is 345 g/mol. The summed E-state index contributed by atoms with van der Waals surface area (Å²) in [4.78, 5) is 4.35. The number of hydrogen-bond acceptors (Lipinski definition) is 4. The summed E-state index contributed by atoms with van der Waals surface area (Å²) >= 11 is 9.38. The third kappa shape index (κ3) is 3.35. The van der Waals surface area contributed by atoms with Gasteiger partial charge in [0, 0.05) is 15.1 Å². The van der Waals surface area contributed by atoms with E-state index in [1.54, 1.807) is 12.1 Å². The third-order valence-corrected chi connectivity index (χ3v) is 3.44. The van der Waals surface area contributed by atoms with Crippen LogP contribution in [0.3, 0.4) is 0 Å². The summed E-state index contributed by atoms with van der Waals surface area (Å²) in [6.45, 7) is 6.09. The summed E-state index contributed by atoms with van der Waals surface area (Å²) in [6, 6.07) is 5.15. The zero-order valence-electron chi connectivity index (χ0n) is 10.9. The lowest BCUT2D eigenvalue weighted by atomic mass is 9.87. The zero-order valence-corrected chi connectivity index (χ0v) is 13.3. The topological polar surface area (TPSA) is 64.9 Å². The van der Waals surface area contributed by atoms with Crippen molar-refractivity contribution < 1.29 is 4.52 Å². The Bertz CT molecular complexity index is 572. The molecule has 0 aliphatic rings. The minimum Gasteiger partial charge on any atom is -0.334 e. The van der Waals surface area contributed by atoms with Crippen LogP contribution in [0.25, 0.3) is 11.5 Å². The molecule has 2 rings (SSSR count). The van der Waals surface area contributed by atoms with Gasteiger partial charge >= 0.3 is 0 Å². The Morgan fingerprint density at radius 2 is 2.00 bits per heavy atom. The number of aromatic nitrogens is 2. The molecule has 19 heavy (non-hydrogen) atoms. The van der Waals surface area contributed by atoms with Crippen molar-refractivity contribution in [2.24, 2.45) is 11.1 Å². The van der Waals surface area contributed by atoms with Gasteiger partial charge in [-0.15, -0.1) is 0 Å². The fourth-order valence-corrected chi connectivity index (χ4v) is 2.40. The molecule has 102 valence electrons. The molecule has 1 aromatic carbocycles. The van der Waals surface area contributed by atoms with Gasteiger partial charge in [-0.1, -0.05) is 53.5 Å². The summed E-state index contributed by atoms with van der Waals surface area (Å²) in [7, 11) is 0. The van der Waals surface area contributed by atoms with Crippen molar-refractivity contribution >= 4 is 27.5 Å². The van der Waals surface area contributed by atoms with Crippen molar-refractivity contribution in [3.8, 4) is 11.5 Å². The van der Waals surface area contributed by atoms with Crippen LogP contribution in [-0.2, 0) is 0 Å². The molecule has 0 fully saturated rings. The highest BCUT2D eigenvalue weighted by Gasteiger charge is 2.27. The fraction of sp³-hybridized carbons (Fsp3) is 0.385. The Hall–Kier alpha value is -0.910. The van der Waals surface area contributed by atoms with Gasteiger partial charge in [-0.3, -0.25) is 0 Å². The van der Waals surface area contributed by atoms with Crippen LogP contribution in [-0.4, -0.2) is 10.1 Å².